The predicted octanol–water partition coefficient (Wildman–Crippen LogP) is 5.29. The molecule has 0 atom stereocenters. The van der Waals surface area contributed by atoms with E-state index in [9.17, 15) is 22.4 Å². The number of carbonyl (C=O) groups is 1. The lowest BCUT2D eigenvalue weighted by atomic mass is 9.73. The first-order valence-corrected chi connectivity index (χ1v) is 9.04. The molecule has 1 fully saturated rings. The summed E-state index contributed by atoms with van der Waals surface area (Å²) in [5.41, 5.74) is -1.81. The molecule has 1 heterocycles. The number of rotatable bonds is 3. The molecule has 3 nitrogen and oxygen atoms in total. The molecule has 0 aliphatic carbocycles. The number of nitrogens with one attached hydrogen (secondary N) is 1. The molecule has 0 unspecified atom stereocenters. The highest BCUT2D eigenvalue weighted by molar-refractivity contribution is 9.10. The third-order valence-electron chi connectivity index (χ3n) is 4.72. The van der Waals surface area contributed by atoms with Gasteiger partial charge in [0.1, 0.15) is 5.82 Å². The second kappa shape index (κ2) is 7.59. The molecule has 1 aliphatic heterocycles. The molecular weight excluding hydrogens is 430 g/mol. The lowest BCUT2D eigenvalue weighted by molar-refractivity contribution is -0.137. The van der Waals surface area contributed by atoms with Crippen molar-refractivity contribution in [3.05, 3.63) is 63.9 Å². The number of amides is 1. The number of alkyl halides is 3. The van der Waals surface area contributed by atoms with Crippen molar-refractivity contribution in [1.29, 1.82) is 0 Å². The van der Waals surface area contributed by atoms with E-state index in [4.69, 9.17) is 4.74 Å². The Morgan fingerprint density at radius 3 is 2.30 bits per heavy atom. The molecule has 3 rings (SSSR count). The Kier molecular flexibility index (Phi) is 5.58. The summed E-state index contributed by atoms with van der Waals surface area (Å²) in [5.74, 6) is -1.47. The maximum absolute atomic E-state index is 14.1. The summed E-state index contributed by atoms with van der Waals surface area (Å²) in [6.45, 7) is 0.656. The molecule has 0 spiro atoms. The lowest BCUT2D eigenvalue weighted by Gasteiger charge is -2.36. The fourth-order valence-corrected chi connectivity index (χ4v) is 3.44. The maximum Gasteiger partial charge on any atom is 0.416 e. The normalized spacial score (nSPS) is 16.8. The number of ether oxygens (including phenoxy) is 1. The Bertz CT molecular complexity index is 831. The third-order valence-corrected chi connectivity index (χ3v) is 5.25. The van der Waals surface area contributed by atoms with E-state index in [1.807, 2.05) is 0 Å². The quantitative estimate of drug-likeness (QED) is 0.651. The van der Waals surface area contributed by atoms with Gasteiger partial charge in [0, 0.05) is 17.7 Å². The van der Waals surface area contributed by atoms with Crippen molar-refractivity contribution >= 4 is 27.5 Å². The van der Waals surface area contributed by atoms with Gasteiger partial charge in [-0.15, -0.1) is 0 Å². The molecule has 0 saturated carbocycles. The van der Waals surface area contributed by atoms with E-state index in [1.165, 1.54) is 0 Å². The van der Waals surface area contributed by atoms with Crippen molar-refractivity contribution in [3.8, 4) is 0 Å². The van der Waals surface area contributed by atoms with Crippen LogP contribution in [0.3, 0.4) is 0 Å². The maximum atomic E-state index is 14.1. The van der Waals surface area contributed by atoms with Gasteiger partial charge in [-0.05, 0) is 48.7 Å². The van der Waals surface area contributed by atoms with Gasteiger partial charge in [0.25, 0.3) is 0 Å². The van der Waals surface area contributed by atoms with E-state index >= 15 is 0 Å². The molecule has 0 bridgehead atoms. The SMILES string of the molecule is O=C(Nc1cc(C(F)(F)F)ccc1F)C1(c2ccc(Br)cc2)CCOCC1. The van der Waals surface area contributed by atoms with Crippen LogP contribution in [0, 0.1) is 5.82 Å². The zero-order chi connectivity index (χ0) is 19.7. The minimum absolute atomic E-state index is 0.328. The molecule has 2 aromatic carbocycles. The third kappa shape index (κ3) is 4.16. The van der Waals surface area contributed by atoms with Gasteiger partial charge in [0.05, 0.1) is 16.7 Å². The van der Waals surface area contributed by atoms with Crippen LogP contribution in [0.15, 0.2) is 46.9 Å². The van der Waals surface area contributed by atoms with Crippen LogP contribution in [0.1, 0.15) is 24.0 Å². The van der Waals surface area contributed by atoms with Crippen LogP contribution in [-0.4, -0.2) is 19.1 Å². The van der Waals surface area contributed by atoms with Gasteiger partial charge in [-0.3, -0.25) is 4.79 Å². The summed E-state index contributed by atoms with van der Waals surface area (Å²) in [6, 6.07) is 9.07. The second-order valence-electron chi connectivity index (χ2n) is 6.35. The monoisotopic (exact) mass is 445 g/mol. The number of anilines is 1. The topological polar surface area (TPSA) is 38.3 Å². The molecule has 1 N–H and O–H groups in total. The van der Waals surface area contributed by atoms with Gasteiger partial charge in [0.2, 0.25) is 5.91 Å². The number of hydrogen-bond acceptors (Lipinski definition) is 2. The van der Waals surface area contributed by atoms with Crippen LogP contribution in [0.2, 0.25) is 0 Å². The van der Waals surface area contributed by atoms with Crippen molar-refractivity contribution in [3.63, 3.8) is 0 Å². The van der Waals surface area contributed by atoms with Gasteiger partial charge >= 0.3 is 6.18 Å². The van der Waals surface area contributed by atoms with Crippen molar-refractivity contribution < 1.29 is 27.1 Å². The van der Waals surface area contributed by atoms with Gasteiger partial charge in [-0.2, -0.15) is 13.2 Å². The standard InChI is InChI=1S/C19H16BrF4NO2/c20-14-4-1-12(2-5-14)18(7-9-27-10-8-18)17(26)25-16-11-13(19(22,23)24)3-6-15(16)21/h1-6,11H,7-10H2,(H,25,26). The van der Waals surface area contributed by atoms with Crippen molar-refractivity contribution in [2.24, 2.45) is 0 Å². The molecule has 0 aromatic heterocycles. The Morgan fingerprint density at radius 1 is 1.07 bits per heavy atom. The van der Waals surface area contributed by atoms with Crippen LogP contribution < -0.4 is 5.32 Å². The Labute approximate surface area is 161 Å². The fraction of sp³-hybridized carbons (Fsp3) is 0.316. The number of hydrogen-bond donors (Lipinski definition) is 1. The molecule has 27 heavy (non-hydrogen) atoms. The molecule has 1 aliphatic rings. The highest BCUT2D eigenvalue weighted by atomic mass is 79.9. The van der Waals surface area contributed by atoms with E-state index in [0.29, 0.717) is 49.8 Å². The highest BCUT2D eigenvalue weighted by Crippen LogP contribution is 2.38. The number of carbonyl (C=O) groups excluding carboxylic acids is 1. The largest absolute Gasteiger partial charge is 0.416 e. The molecule has 8 heteroatoms. The summed E-state index contributed by atoms with van der Waals surface area (Å²) < 4.78 is 59.0. The van der Waals surface area contributed by atoms with Gasteiger partial charge in [0.15, 0.2) is 0 Å². The molecule has 1 amide bonds. The molecule has 1 saturated heterocycles. The van der Waals surface area contributed by atoms with Crippen LogP contribution >= 0.6 is 15.9 Å². The first-order valence-electron chi connectivity index (χ1n) is 8.24. The van der Waals surface area contributed by atoms with E-state index in [-0.39, 0.29) is 0 Å². The Balaban J connectivity index is 1.95. The molecule has 2 aromatic rings. The zero-order valence-corrected chi connectivity index (χ0v) is 15.7. The summed E-state index contributed by atoms with van der Waals surface area (Å²) in [6.07, 6.45) is -3.93. The van der Waals surface area contributed by atoms with Crippen LogP contribution in [0.4, 0.5) is 23.2 Å². The van der Waals surface area contributed by atoms with E-state index < -0.39 is 34.6 Å². The zero-order valence-electron chi connectivity index (χ0n) is 14.1. The highest BCUT2D eigenvalue weighted by Gasteiger charge is 2.42. The molecular formula is C19H16BrF4NO2. The summed E-state index contributed by atoms with van der Waals surface area (Å²) in [7, 11) is 0. The first kappa shape index (κ1) is 19.8. The average Bonchev–Trinajstić information content (AvgIpc) is 2.63. The lowest BCUT2D eigenvalue weighted by Crippen LogP contribution is -2.45. The van der Waals surface area contributed by atoms with Crippen molar-refractivity contribution in [1.82, 2.24) is 0 Å². The minimum atomic E-state index is -4.63. The smallest absolute Gasteiger partial charge is 0.381 e. The summed E-state index contributed by atoms with van der Waals surface area (Å²) in [4.78, 5) is 13.1. The van der Waals surface area contributed by atoms with Gasteiger partial charge in [-0.1, -0.05) is 28.1 Å². The predicted molar refractivity (Wildman–Crippen MR) is 95.9 cm³/mol. The van der Waals surface area contributed by atoms with Crippen molar-refractivity contribution in [2.75, 3.05) is 18.5 Å². The van der Waals surface area contributed by atoms with Gasteiger partial charge < -0.3 is 10.1 Å². The molecule has 144 valence electrons. The van der Waals surface area contributed by atoms with E-state index in [1.54, 1.807) is 24.3 Å². The van der Waals surface area contributed by atoms with E-state index in [0.717, 1.165) is 4.47 Å². The first-order chi connectivity index (χ1) is 12.7. The fourth-order valence-electron chi connectivity index (χ4n) is 3.17. The second-order valence-corrected chi connectivity index (χ2v) is 7.26. The van der Waals surface area contributed by atoms with Crippen LogP contribution in [0.5, 0.6) is 0 Å². The average molecular weight is 446 g/mol. The summed E-state index contributed by atoms with van der Waals surface area (Å²) in [5, 5.41) is 2.37. The summed E-state index contributed by atoms with van der Waals surface area (Å²) >= 11 is 3.33. The van der Waals surface area contributed by atoms with Crippen LogP contribution in [0.25, 0.3) is 0 Å². The Morgan fingerprint density at radius 2 is 1.70 bits per heavy atom. The minimum Gasteiger partial charge on any atom is -0.381 e. The number of benzene rings is 2. The Hall–Kier alpha value is -1.93. The van der Waals surface area contributed by atoms with Gasteiger partial charge in [-0.25, -0.2) is 4.39 Å². The molecule has 0 radical (unpaired) electrons. The van der Waals surface area contributed by atoms with Crippen molar-refractivity contribution in [2.45, 2.75) is 24.4 Å². The van der Waals surface area contributed by atoms with E-state index in [2.05, 4.69) is 21.2 Å². The van der Waals surface area contributed by atoms with Crippen LogP contribution in [-0.2, 0) is 21.1 Å². The number of halogens is 5.